The number of anilines is 1. The van der Waals surface area contributed by atoms with Crippen molar-refractivity contribution in [2.45, 2.75) is 57.6 Å². The third kappa shape index (κ3) is 5.41. The highest BCUT2D eigenvalue weighted by molar-refractivity contribution is 6.30. The third-order valence-corrected chi connectivity index (χ3v) is 9.18. The van der Waals surface area contributed by atoms with E-state index in [-0.39, 0.29) is 23.4 Å². The van der Waals surface area contributed by atoms with Gasteiger partial charge in [-0.3, -0.25) is 24.6 Å². The Hall–Kier alpha value is -4.70. The maximum absolute atomic E-state index is 15.5. The molecule has 3 N–H and O–H groups in total. The first-order chi connectivity index (χ1) is 22.8. The molecule has 1 fully saturated rings. The molecule has 10 heteroatoms. The normalized spacial score (nSPS) is 23.5. The number of hydrogen-bond acceptors (Lipinski definition) is 7. The summed E-state index contributed by atoms with van der Waals surface area (Å²) in [6, 6.07) is 25.6. The molecule has 2 aliphatic rings. The van der Waals surface area contributed by atoms with Gasteiger partial charge >= 0.3 is 0 Å². The summed E-state index contributed by atoms with van der Waals surface area (Å²) in [5.74, 6) is -1.34. The quantitative estimate of drug-likeness (QED) is 0.237. The molecule has 6 rings (SSSR count). The zero-order chi connectivity index (χ0) is 34.4. The van der Waals surface area contributed by atoms with Gasteiger partial charge in [0.2, 0.25) is 5.91 Å². The van der Waals surface area contributed by atoms with Crippen molar-refractivity contribution in [1.82, 2.24) is 10.6 Å². The van der Waals surface area contributed by atoms with Crippen molar-refractivity contribution >= 4 is 34.9 Å². The molecule has 1 spiro atoms. The molecule has 0 aliphatic carbocycles. The number of para-hydroxylation sites is 1. The number of benzene rings is 4. The number of halogens is 1. The lowest BCUT2D eigenvalue weighted by Crippen LogP contribution is -2.71. The highest BCUT2D eigenvalue weighted by Gasteiger charge is 2.79. The van der Waals surface area contributed by atoms with Crippen LogP contribution in [-0.2, 0) is 21.7 Å². The largest absolute Gasteiger partial charge is 0.497 e. The minimum absolute atomic E-state index is 0.103. The number of carbonyl (C=O) groups is 3. The van der Waals surface area contributed by atoms with Gasteiger partial charge in [0.15, 0.2) is 23.0 Å². The van der Waals surface area contributed by atoms with Gasteiger partial charge in [-0.05, 0) is 87.4 Å². The Morgan fingerprint density at radius 2 is 1.65 bits per heavy atom. The number of aryl methyl sites for hydroxylation is 1. The van der Waals surface area contributed by atoms with Crippen molar-refractivity contribution in [3.63, 3.8) is 0 Å². The van der Waals surface area contributed by atoms with Crippen molar-refractivity contribution in [3.05, 3.63) is 124 Å². The van der Waals surface area contributed by atoms with E-state index < -0.39 is 46.4 Å². The number of ether oxygens (including phenoxy) is 2. The molecule has 48 heavy (non-hydrogen) atoms. The highest BCUT2D eigenvalue weighted by Crippen LogP contribution is 2.59. The predicted octanol–water partition coefficient (Wildman–Crippen LogP) is 5.55. The lowest BCUT2D eigenvalue weighted by atomic mass is 9.60. The summed E-state index contributed by atoms with van der Waals surface area (Å²) in [7, 11) is 1.50. The van der Waals surface area contributed by atoms with Crippen LogP contribution in [0.2, 0.25) is 5.02 Å². The van der Waals surface area contributed by atoms with E-state index in [1.54, 1.807) is 78.9 Å². The van der Waals surface area contributed by atoms with E-state index in [4.69, 9.17) is 21.1 Å². The van der Waals surface area contributed by atoms with Crippen LogP contribution in [-0.4, -0.2) is 47.6 Å². The molecular formula is C38H38ClN3O6. The van der Waals surface area contributed by atoms with Crippen LogP contribution in [0.15, 0.2) is 97.1 Å². The Bertz CT molecular complexity index is 1860. The molecule has 248 valence electrons. The minimum atomic E-state index is -2.61. The minimum Gasteiger partial charge on any atom is -0.497 e. The molecule has 9 nitrogen and oxygen atoms in total. The van der Waals surface area contributed by atoms with Crippen LogP contribution >= 0.6 is 11.6 Å². The number of fused-ring (bicyclic) bond motifs is 1. The summed E-state index contributed by atoms with van der Waals surface area (Å²) < 4.78 is 12.0. The van der Waals surface area contributed by atoms with Gasteiger partial charge in [0.25, 0.3) is 5.91 Å². The standard InChI is InChI=1S/C38H38ClN3O6/c1-23-11-20-30-29(21-23)32(43)37(34(48-30)40-22-24-12-16-26(39)17-13-24)31(33(44)41-36(2,3)4)42(27-9-7-6-8-10-27)35(45)38(37,46)25-14-18-28(47-5)19-15-25/h6-21,31,34,40,46H,22H2,1-5H3,(H,41,44)/t31-,34+,37+,38-/m1/s1. The number of amides is 2. The molecule has 4 aromatic rings. The lowest BCUT2D eigenvalue weighted by Gasteiger charge is -2.49. The van der Waals surface area contributed by atoms with E-state index in [9.17, 15) is 9.90 Å². The molecule has 0 aromatic heterocycles. The number of ketones is 1. The molecule has 4 atom stereocenters. The van der Waals surface area contributed by atoms with E-state index in [0.717, 1.165) is 11.1 Å². The number of nitrogens with zero attached hydrogens (tertiary/aromatic N) is 1. The SMILES string of the molecule is COc1ccc([C@@]2(O)C(=O)N(c3ccccc3)[C@H](C(=O)NC(C)(C)C)[C@@]23C(=O)c2cc(C)ccc2O[C@@H]3NCc2ccc(Cl)cc2)cc1. The molecule has 0 unspecified atom stereocenters. The van der Waals surface area contributed by atoms with E-state index in [1.165, 1.54) is 12.0 Å². The second kappa shape index (κ2) is 12.4. The fourth-order valence-corrected chi connectivity index (χ4v) is 6.93. The fraction of sp³-hybridized carbons (Fsp3) is 0.289. The number of aliphatic hydroxyl groups is 1. The zero-order valence-electron chi connectivity index (χ0n) is 27.4. The summed E-state index contributed by atoms with van der Waals surface area (Å²) in [6.07, 6.45) is -1.38. The van der Waals surface area contributed by atoms with Crippen LogP contribution in [0, 0.1) is 12.3 Å². The van der Waals surface area contributed by atoms with Crippen molar-refractivity contribution < 1.29 is 29.0 Å². The summed E-state index contributed by atoms with van der Waals surface area (Å²) in [5, 5.41) is 20.2. The van der Waals surface area contributed by atoms with Gasteiger partial charge in [-0.25, -0.2) is 0 Å². The molecule has 2 aliphatic heterocycles. The van der Waals surface area contributed by atoms with Gasteiger partial charge in [0, 0.05) is 22.8 Å². The first-order valence-electron chi connectivity index (χ1n) is 15.7. The first-order valence-corrected chi connectivity index (χ1v) is 16.1. The van der Waals surface area contributed by atoms with Crippen molar-refractivity contribution in [2.24, 2.45) is 5.41 Å². The Morgan fingerprint density at radius 1 is 0.979 bits per heavy atom. The Kier molecular flexibility index (Phi) is 8.57. The van der Waals surface area contributed by atoms with Crippen LogP contribution in [0.1, 0.15) is 47.8 Å². The third-order valence-electron chi connectivity index (χ3n) is 8.92. The second-order valence-electron chi connectivity index (χ2n) is 13.3. The first kappa shape index (κ1) is 33.2. The molecule has 0 bridgehead atoms. The maximum atomic E-state index is 15.5. The highest BCUT2D eigenvalue weighted by atomic mass is 35.5. The number of rotatable bonds is 7. The number of hydrogen-bond donors (Lipinski definition) is 3. The Morgan fingerprint density at radius 3 is 2.27 bits per heavy atom. The summed E-state index contributed by atoms with van der Waals surface area (Å²) in [4.78, 5) is 46.6. The Labute approximate surface area is 284 Å². The average molecular weight is 668 g/mol. The van der Waals surface area contributed by atoms with Crippen LogP contribution in [0.4, 0.5) is 5.69 Å². The number of nitrogens with one attached hydrogen (secondary N) is 2. The molecule has 0 saturated carbocycles. The van der Waals surface area contributed by atoms with Crippen LogP contribution in [0.25, 0.3) is 0 Å². The zero-order valence-corrected chi connectivity index (χ0v) is 28.2. The van der Waals surface area contributed by atoms with E-state index in [2.05, 4.69) is 10.6 Å². The predicted molar refractivity (Wildman–Crippen MR) is 183 cm³/mol. The van der Waals surface area contributed by atoms with Crippen molar-refractivity contribution in [2.75, 3.05) is 12.0 Å². The van der Waals surface area contributed by atoms with Gasteiger partial charge < -0.3 is 19.9 Å². The lowest BCUT2D eigenvalue weighted by molar-refractivity contribution is -0.156. The monoisotopic (exact) mass is 667 g/mol. The Balaban J connectivity index is 1.68. The summed E-state index contributed by atoms with van der Waals surface area (Å²) in [5.41, 5.74) is -3.46. The van der Waals surface area contributed by atoms with Crippen LogP contribution in [0.3, 0.4) is 0 Å². The smallest absolute Gasteiger partial charge is 0.265 e. The van der Waals surface area contributed by atoms with Gasteiger partial charge in [-0.2, -0.15) is 0 Å². The molecule has 1 saturated heterocycles. The van der Waals surface area contributed by atoms with E-state index in [0.29, 0.717) is 16.5 Å². The van der Waals surface area contributed by atoms with Gasteiger partial charge in [0.1, 0.15) is 17.5 Å². The van der Waals surface area contributed by atoms with Gasteiger partial charge in [-0.1, -0.05) is 65.7 Å². The van der Waals surface area contributed by atoms with Gasteiger partial charge in [0.05, 0.1) is 12.7 Å². The molecule has 2 heterocycles. The molecular weight excluding hydrogens is 630 g/mol. The van der Waals surface area contributed by atoms with Crippen LogP contribution in [0.5, 0.6) is 11.5 Å². The van der Waals surface area contributed by atoms with E-state index in [1.807, 2.05) is 45.9 Å². The second-order valence-corrected chi connectivity index (χ2v) is 13.7. The van der Waals surface area contributed by atoms with Crippen LogP contribution < -0.4 is 25.0 Å². The topological polar surface area (TPSA) is 117 Å². The maximum Gasteiger partial charge on any atom is 0.265 e. The van der Waals surface area contributed by atoms with Gasteiger partial charge in [-0.15, -0.1) is 0 Å². The average Bonchev–Trinajstić information content (AvgIpc) is 3.27. The number of methoxy groups -OCH3 is 1. The van der Waals surface area contributed by atoms with Crippen molar-refractivity contribution in [1.29, 1.82) is 0 Å². The van der Waals surface area contributed by atoms with Crippen molar-refractivity contribution in [3.8, 4) is 11.5 Å². The molecule has 0 radical (unpaired) electrons. The summed E-state index contributed by atoms with van der Waals surface area (Å²) >= 11 is 6.15. The van der Waals surface area contributed by atoms with E-state index >= 15 is 9.59 Å². The molecule has 2 amide bonds. The fourth-order valence-electron chi connectivity index (χ4n) is 6.80. The summed E-state index contributed by atoms with van der Waals surface area (Å²) in [6.45, 7) is 7.42. The molecule has 4 aromatic carbocycles. The number of carbonyl (C=O) groups excluding carboxylic acids is 3. The number of Topliss-reactive ketones (excluding diaryl/α,β-unsaturated/α-hetero) is 1.